The molecule has 0 radical (unpaired) electrons. The quantitative estimate of drug-likeness (QED) is 0.662. The van der Waals surface area contributed by atoms with Crippen molar-refractivity contribution in [2.24, 2.45) is 0 Å². The van der Waals surface area contributed by atoms with Crippen LogP contribution in [0.25, 0.3) is 0 Å². The fraction of sp³-hybridized carbons (Fsp3) is 0.786. The zero-order valence-electron chi connectivity index (χ0n) is 12.5. The number of amides is 2. The Kier molecular flexibility index (Phi) is 4.82. The minimum atomic E-state index is -0.957. The summed E-state index contributed by atoms with van der Waals surface area (Å²) in [7, 11) is 1.68. The summed E-state index contributed by atoms with van der Waals surface area (Å²) in [6.45, 7) is 1.72. The maximum absolute atomic E-state index is 12.6. The molecule has 2 aliphatic heterocycles. The number of carbonyl (C=O) groups is 3. The Labute approximate surface area is 124 Å². The first-order valence-corrected chi connectivity index (χ1v) is 7.48. The number of nitrogens with zero attached hydrogens (tertiary/aromatic N) is 1. The van der Waals surface area contributed by atoms with E-state index in [4.69, 9.17) is 0 Å². The molecule has 0 spiro atoms. The van der Waals surface area contributed by atoms with Gasteiger partial charge in [0.05, 0.1) is 6.04 Å². The summed E-state index contributed by atoms with van der Waals surface area (Å²) < 4.78 is 0. The highest BCUT2D eigenvalue weighted by atomic mass is 16.4. The summed E-state index contributed by atoms with van der Waals surface area (Å²) in [5, 5.41) is 14.8. The fourth-order valence-corrected chi connectivity index (χ4v) is 3.17. The molecule has 3 N–H and O–H groups in total. The number of nitrogens with one attached hydrogen (secondary N) is 2. The van der Waals surface area contributed by atoms with Gasteiger partial charge in [-0.25, -0.2) is 4.79 Å². The monoisotopic (exact) mass is 297 g/mol. The lowest BCUT2D eigenvalue weighted by Crippen LogP contribution is -2.54. The molecule has 2 heterocycles. The van der Waals surface area contributed by atoms with Crippen LogP contribution in [0, 0.1) is 0 Å². The average Bonchev–Trinajstić information content (AvgIpc) is 2.82. The highest BCUT2D eigenvalue weighted by molar-refractivity contribution is 5.92. The van der Waals surface area contributed by atoms with Gasteiger partial charge in [-0.2, -0.15) is 0 Å². The smallest absolute Gasteiger partial charge is 0.326 e. The number of fused-ring (bicyclic) bond motifs is 1. The summed E-state index contributed by atoms with van der Waals surface area (Å²) in [4.78, 5) is 37.4. The van der Waals surface area contributed by atoms with Crippen molar-refractivity contribution in [3.8, 4) is 0 Å². The second-order valence-corrected chi connectivity index (χ2v) is 5.83. The Bertz CT molecular complexity index is 440. The van der Waals surface area contributed by atoms with Gasteiger partial charge in [-0.1, -0.05) is 0 Å². The molecule has 0 aromatic heterocycles. The molecule has 21 heavy (non-hydrogen) atoms. The normalized spacial score (nSPS) is 30.5. The van der Waals surface area contributed by atoms with Gasteiger partial charge in [-0.05, 0) is 46.1 Å². The van der Waals surface area contributed by atoms with Gasteiger partial charge in [0.15, 0.2) is 0 Å². The van der Waals surface area contributed by atoms with Crippen molar-refractivity contribution in [2.75, 3.05) is 7.05 Å². The molecular weight excluding hydrogens is 274 g/mol. The van der Waals surface area contributed by atoms with Crippen LogP contribution in [-0.2, 0) is 14.4 Å². The molecule has 0 aromatic carbocycles. The number of rotatable bonds is 4. The minimum absolute atomic E-state index is 0.00206. The third-order valence-electron chi connectivity index (χ3n) is 4.51. The summed E-state index contributed by atoms with van der Waals surface area (Å²) in [6.07, 6.45) is 3.43. The van der Waals surface area contributed by atoms with Gasteiger partial charge in [0.1, 0.15) is 12.1 Å². The Morgan fingerprint density at radius 3 is 2.62 bits per heavy atom. The van der Waals surface area contributed by atoms with E-state index in [9.17, 15) is 19.5 Å². The molecule has 7 heteroatoms. The maximum atomic E-state index is 12.6. The van der Waals surface area contributed by atoms with Gasteiger partial charge in [0.2, 0.25) is 11.8 Å². The Morgan fingerprint density at radius 2 is 2.00 bits per heavy atom. The van der Waals surface area contributed by atoms with Crippen LogP contribution in [0.3, 0.4) is 0 Å². The molecule has 7 nitrogen and oxygen atoms in total. The summed E-state index contributed by atoms with van der Waals surface area (Å²) in [6, 6.07) is -1.74. The van der Waals surface area contributed by atoms with Crippen LogP contribution in [0.15, 0.2) is 0 Å². The van der Waals surface area contributed by atoms with E-state index in [-0.39, 0.29) is 23.9 Å². The number of aliphatic carboxylic acids is 1. The molecule has 2 saturated heterocycles. The van der Waals surface area contributed by atoms with Gasteiger partial charge in [0, 0.05) is 6.04 Å². The van der Waals surface area contributed by atoms with E-state index in [1.807, 2.05) is 0 Å². The predicted molar refractivity (Wildman–Crippen MR) is 75.6 cm³/mol. The van der Waals surface area contributed by atoms with Crippen LogP contribution in [-0.4, -0.2) is 59.0 Å². The summed E-state index contributed by atoms with van der Waals surface area (Å²) >= 11 is 0. The summed E-state index contributed by atoms with van der Waals surface area (Å²) in [5.41, 5.74) is 0. The standard InChI is InChI=1S/C14H23N3O4/c1-8(15-2)12(18)16-10-5-3-4-9-6-7-11(14(20)21)17(9)13(10)19/h8-11,15H,3-7H2,1-2H3,(H,16,18)(H,20,21). The predicted octanol–water partition coefficient (Wildman–Crippen LogP) is -0.293. The molecule has 2 fully saturated rings. The van der Waals surface area contributed by atoms with Crippen molar-refractivity contribution in [2.45, 2.75) is 63.2 Å². The van der Waals surface area contributed by atoms with E-state index < -0.39 is 18.1 Å². The number of carbonyl (C=O) groups excluding carboxylic acids is 2. The lowest BCUT2D eigenvalue weighted by molar-refractivity contribution is -0.150. The van der Waals surface area contributed by atoms with Crippen molar-refractivity contribution in [3.05, 3.63) is 0 Å². The van der Waals surface area contributed by atoms with Crippen LogP contribution in [0.4, 0.5) is 0 Å². The van der Waals surface area contributed by atoms with Crippen molar-refractivity contribution in [1.29, 1.82) is 0 Å². The van der Waals surface area contributed by atoms with Gasteiger partial charge in [-0.3, -0.25) is 9.59 Å². The van der Waals surface area contributed by atoms with Crippen molar-refractivity contribution >= 4 is 17.8 Å². The highest BCUT2D eigenvalue weighted by Crippen LogP contribution is 2.31. The Morgan fingerprint density at radius 1 is 1.29 bits per heavy atom. The van der Waals surface area contributed by atoms with Crippen LogP contribution in [0.1, 0.15) is 39.0 Å². The second-order valence-electron chi connectivity index (χ2n) is 5.83. The molecule has 0 aliphatic carbocycles. The molecule has 118 valence electrons. The van der Waals surface area contributed by atoms with Crippen molar-refractivity contribution in [1.82, 2.24) is 15.5 Å². The van der Waals surface area contributed by atoms with Gasteiger partial charge >= 0.3 is 5.97 Å². The first-order chi connectivity index (χ1) is 9.95. The number of hydrogen-bond acceptors (Lipinski definition) is 4. The first kappa shape index (κ1) is 15.8. The summed E-state index contributed by atoms with van der Waals surface area (Å²) in [5.74, 6) is -1.44. The molecule has 4 atom stereocenters. The maximum Gasteiger partial charge on any atom is 0.326 e. The number of carboxylic acid groups (broad SMARTS) is 1. The zero-order valence-corrected chi connectivity index (χ0v) is 12.5. The van der Waals surface area contributed by atoms with E-state index in [0.29, 0.717) is 12.8 Å². The molecule has 0 saturated carbocycles. The van der Waals surface area contributed by atoms with Gasteiger partial charge in [-0.15, -0.1) is 0 Å². The van der Waals surface area contributed by atoms with E-state index in [2.05, 4.69) is 10.6 Å². The molecular formula is C14H23N3O4. The molecule has 4 unspecified atom stereocenters. The SMILES string of the molecule is CNC(C)C(=O)NC1CCCC2CCC(C(=O)O)N2C1=O. The zero-order chi connectivity index (χ0) is 15.6. The lowest BCUT2D eigenvalue weighted by atomic mass is 10.1. The van der Waals surface area contributed by atoms with Crippen molar-refractivity contribution in [3.63, 3.8) is 0 Å². The third-order valence-corrected chi connectivity index (χ3v) is 4.51. The third kappa shape index (κ3) is 3.18. The van der Waals surface area contributed by atoms with E-state index in [1.54, 1.807) is 14.0 Å². The van der Waals surface area contributed by atoms with E-state index in [0.717, 1.165) is 19.3 Å². The number of hydrogen-bond donors (Lipinski definition) is 3. The fourth-order valence-electron chi connectivity index (χ4n) is 3.17. The molecule has 2 amide bonds. The first-order valence-electron chi connectivity index (χ1n) is 7.48. The number of carboxylic acids is 1. The topological polar surface area (TPSA) is 98.7 Å². The molecule has 0 aromatic rings. The Hall–Kier alpha value is -1.63. The van der Waals surface area contributed by atoms with E-state index >= 15 is 0 Å². The largest absolute Gasteiger partial charge is 0.480 e. The van der Waals surface area contributed by atoms with Crippen LogP contribution < -0.4 is 10.6 Å². The Balaban J connectivity index is 2.12. The lowest BCUT2D eigenvalue weighted by Gasteiger charge is -2.29. The minimum Gasteiger partial charge on any atom is -0.480 e. The highest BCUT2D eigenvalue weighted by Gasteiger charge is 2.44. The van der Waals surface area contributed by atoms with E-state index in [1.165, 1.54) is 4.90 Å². The van der Waals surface area contributed by atoms with Gasteiger partial charge in [0.25, 0.3) is 0 Å². The molecule has 2 aliphatic rings. The van der Waals surface area contributed by atoms with Crippen molar-refractivity contribution < 1.29 is 19.5 Å². The van der Waals surface area contributed by atoms with Gasteiger partial charge < -0.3 is 20.6 Å². The molecule has 0 bridgehead atoms. The second kappa shape index (κ2) is 6.43. The van der Waals surface area contributed by atoms with Crippen LogP contribution >= 0.6 is 0 Å². The average molecular weight is 297 g/mol. The number of likely N-dealkylation sites (N-methyl/N-ethyl adjacent to an activating group) is 1. The van der Waals surface area contributed by atoms with Crippen LogP contribution in [0.5, 0.6) is 0 Å². The molecule has 2 rings (SSSR count). The van der Waals surface area contributed by atoms with Crippen LogP contribution in [0.2, 0.25) is 0 Å².